The van der Waals surface area contributed by atoms with Crippen molar-refractivity contribution < 1.29 is 4.79 Å². The Morgan fingerprint density at radius 2 is 2.11 bits per heavy atom. The van der Waals surface area contributed by atoms with E-state index in [9.17, 15) is 4.79 Å². The fraction of sp³-hybridized carbons (Fsp3) is 0.667. The molecule has 0 saturated carbocycles. The molecule has 1 aromatic rings. The summed E-state index contributed by atoms with van der Waals surface area (Å²) in [5.41, 5.74) is 0.589. The van der Waals surface area contributed by atoms with Crippen LogP contribution in [0.25, 0.3) is 0 Å². The Kier molecular flexibility index (Phi) is 4.79. The van der Waals surface area contributed by atoms with Gasteiger partial charge in [-0.15, -0.1) is 12.4 Å². The molecule has 19 heavy (non-hydrogen) atoms. The number of hydrogen-bond acceptors (Lipinski definition) is 4. The lowest BCUT2D eigenvalue weighted by molar-refractivity contribution is 0.0578. The summed E-state index contributed by atoms with van der Waals surface area (Å²) in [4.78, 5) is 16.5. The predicted octanol–water partition coefficient (Wildman–Crippen LogP) is -0.0488. The molecule has 0 radical (unpaired) electrons. The van der Waals surface area contributed by atoms with Crippen molar-refractivity contribution >= 4 is 18.3 Å². The summed E-state index contributed by atoms with van der Waals surface area (Å²) < 4.78 is 0. The first kappa shape index (κ1) is 14.3. The van der Waals surface area contributed by atoms with E-state index in [1.165, 1.54) is 6.42 Å². The van der Waals surface area contributed by atoms with Crippen LogP contribution in [0.1, 0.15) is 16.9 Å². The number of H-pyrrole nitrogens is 1. The number of rotatable bonds is 2. The summed E-state index contributed by atoms with van der Waals surface area (Å²) in [6.07, 6.45) is 2.85. The number of nitrogens with one attached hydrogen (secondary N) is 2. The molecule has 2 aliphatic rings. The average Bonchev–Trinajstić information content (AvgIpc) is 3.11. The molecule has 2 N–H and O–H groups in total. The van der Waals surface area contributed by atoms with Crippen molar-refractivity contribution in [3.8, 4) is 0 Å². The molecule has 1 aromatic heterocycles. The Balaban J connectivity index is 0.00000133. The SMILES string of the molecule is Cl.O=C(c1ccn[nH]1)N1CCN(C2CCNC2)CC1. The van der Waals surface area contributed by atoms with E-state index in [1.807, 2.05) is 4.90 Å². The van der Waals surface area contributed by atoms with E-state index in [-0.39, 0.29) is 18.3 Å². The van der Waals surface area contributed by atoms with Crippen molar-refractivity contribution in [3.05, 3.63) is 18.0 Å². The molecule has 1 atom stereocenters. The van der Waals surface area contributed by atoms with Crippen LogP contribution in [0.2, 0.25) is 0 Å². The molecule has 0 bridgehead atoms. The molecule has 0 spiro atoms. The fourth-order valence-corrected chi connectivity index (χ4v) is 2.79. The van der Waals surface area contributed by atoms with E-state index in [1.54, 1.807) is 12.3 Å². The zero-order chi connectivity index (χ0) is 12.4. The second kappa shape index (κ2) is 6.36. The van der Waals surface area contributed by atoms with Gasteiger partial charge in [0.1, 0.15) is 5.69 Å². The van der Waals surface area contributed by atoms with Crippen LogP contribution in [-0.4, -0.2) is 71.2 Å². The molecular formula is C12H20ClN5O. The van der Waals surface area contributed by atoms with Crippen molar-refractivity contribution in [1.29, 1.82) is 0 Å². The van der Waals surface area contributed by atoms with Gasteiger partial charge >= 0.3 is 0 Å². The molecule has 2 fully saturated rings. The standard InChI is InChI=1S/C12H19N5O.ClH/c18-12(11-2-4-14-15-11)17-7-5-16(6-8-17)10-1-3-13-9-10;/h2,4,10,13H,1,3,5-9H2,(H,14,15);1H. The van der Waals surface area contributed by atoms with Crippen molar-refractivity contribution in [1.82, 2.24) is 25.3 Å². The summed E-state index contributed by atoms with van der Waals surface area (Å²) in [7, 11) is 0. The molecule has 0 aromatic carbocycles. The summed E-state index contributed by atoms with van der Waals surface area (Å²) in [5.74, 6) is 0.0664. The Bertz CT molecular complexity index is 396. The van der Waals surface area contributed by atoms with Gasteiger partial charge in [0.15, 0.2) is 0 Å². The van der Waals surface area contributed by atoms with Gasteiger partial charge in [0.25, 0.3) is 5.91 Å². The zero-order valence-electron chi connectivity index (χ0n) is 10.8. The topological polar surface area (TPSA) is 64.3 Å². The highest BCUT2D eigenvalue weighted by Crippen LogP contribution is 2.13. The molecule has 0 aliphatic carbocycles. The van der Waals surface area contributed by atoms with Crippen LogP contribution in [0.5, 0.6) is 0 Å². The van der Waals surface area contributed by atoms with E-state index in [0.717, 1.165) is 39.3 Å². The Morgan fingerprint density at radius 1 is 1.32 bits per heavy atom. The highest BCUT2D eigenvalue weighted by Gasteiger charge is 2.28. The number of carbonyl (C=O) groups is 1. The van der Waals surface area contributed by atoms with Crippen molar-refractivity contribution in [2.45, 2.75) is 12.5 Å². The molecule has 2 aliphatic heterocycles. The quantitative estimate of drug-likeness (QED) is 0.800. The Morgan fingerprint density at radius 3 is 2.68 bits per heavy atom. The van der Waals surface area contributed by atoms with Crippen LogP contribution < -0.4 is 5.32 Å². The summed E-state index contributed by atoms with van der Waals surface area (Å²) >= 11 is 0. The van der Waals surface area contributed by atoms with Gasteiger partial charge in [0, 0.05) is 45.0 Å². The summed E-state index contributed by atoms with van der Waals surface area (Å²) in [6.45, 7) is 5.80. The van der Waals surface area contributed by atoms with Gasteiger partial charge in [-0.3, -0.25) is 14.8 Å². The number of amides is 1. The molecule has 2 saturated heterocycles. The minimum atomic E-state index is 0. The van der Waals surface area contributed by atoms with Crippen LogP contribution >= 0.6 is 12.4 Å². The van der Waals surface area contributed by atoms with E-state index in [2.05, 4.69) is 20.4 Å². The third-order valence-corrected chi connectivity index (χ3v) is 3.88. The van der Waals surface area contributed by atoms with Gasteiger partial charge in [-0.1, -0.05) is 0 Å². The monoisotopic (exact) mass is 285 g/mol. The van der Waals surface area contributed by atoms with E-state index >= 15 is 0 Å². The molecule has 6 nitrogen and oxygen atoms in total. The summed E-state index contributed by atoms with van der Waals surface area (Å²) in [5, 5.41) is 9.95. The van der Waals surface area contributed by atoms with Crippen molar-refractivity contribution in [2.24, 2.45) is 0 Å². The van der Waals surface area contributed by atoms with Crippen LogP contribution in [0.15, 0.2) is 12.3 Å². The highest BCUT2D eigenvalue weighted by molar-refractivity contribution is 5.92. The first-order valence-electron chi connectivity index (χ1n) is 6.58. The van der Waals surface area contributed by atoms with Gasteiger partial charge in [-0.2, -0.15) is 5.10 Å². The fourth-order valence-electron chi connectivity index (χ4n) is 2.79. The van der Waals surface area contributed by atoms with Gasteiger partial charge in [-0.25, -0.2) is 0 Å². The lowest BCUT2D eigenvalue weighted by Gasteiger charge is -2.37. The zero-order valence-corrected chi connectivity index (χ0v) is 11.7. The Labute approximate surface area is 118 Å². The molecule has 106 valence electrons. The highest BCUT2D eigenvalue weighted by atomic mass is 35.5. The molecule has 7 heteroatoms. The first-order chi connectivity index (χ1) is 8.84. The second-order valence-corrected chi connectivity index (χ2v) is 4.95. The minimum Gasteiger partial charge on any atom is -0.335 e. The third-order valence-electron chi connectivity index (χ3n) is 3.88. The number of nitrogens with zero attached hydrogens (tertiary/aromatic N) is 3. The summed E-state index contributed by atoms with van der Waals surface area (Å²) in [6, 6.07) is 2.39. The minimum absolute atomic E-state index is 0. The van der Waals surface area contributed by atoms with Gasteiger partial charge in [0.05, 0.1) is 0 Å². The molecular weight excluding hydrogens is 266 g/mol. The molecule has 3 heterocycles. The molecule has 1 unspecified atom stereocenters. The van der Waals surface area contributed by atoms with Gasteiger partial charge in [0.2, 0.25) is 0 Å². The lowest BCUT2D eigenvalue weighted by atomic mass is 10.2. The van der Waals surface area contributed by atoms with Crippen molar-refractivity contribution in [2.75, 3.05) is 39.3 Å². The maximum Gasteiger partial charge on any atom is 0.271 e. The maximum atomic E-state index is 12.1. The number of aromatic nitrogens is 2. The molecule has 3 rings (SSSR count). The van der Waals surface area contributed by atoms with E-state index in [4.69, 9.17) is 0 Å². The largest absolute Gasteiger partial charge is 0.335 e. The van der Waals surface area contributed by atoms with Crippen molar-refractivity contribution in [3.63, 3.8) is 0 Å². The average molecular weight is 286 g/mol. The number of halogens is 1. The second-order valence-electron chi connectivity index (χ2n) is 4.95. The van der Waals surface area contributed by atoms with Crippen LogP contribution in [-0.2, 0) is 0 Å². The third kappa shape index (κ3) is 3.08. The maximum absolute atomic E-state index is 12.1. The normalized spacial score (nSPS) is 24.2. The van der Waals surface area contributed by atoms with E-state index < -0.39 is 0 Å². The molecule has 1 amide bonds. The van der Waals surface area contributed by atoms with Crippen LogP contribution in [0.4, 0.5) is 0 Å². The predicted molar refractivity (Wildman–Crippen MR) is 74.6 cm³/mol. The number of aromatic amines is 1. The van der Waals surface area contributed by atoms with Gasteiger partial charge in [-0.05, 0) is 19.0 Å². The number of hydrogen-bond donors (Lipinski definition) is 2. The smallest absolute Gasteiger partial charge is 0.271 e. The number of piperazine rings is 1. The first-order valence-corrected chi connectivity index (χ1v) is 6.58. The van der Waals surface area contributed by atoms with Crippen LogP contribution in [0.3, 0.4) is 0 Å². The van der Waals surface area contributed by atoms with Crippen LogP contribution in [0, 0.1) is 0 Å². The Hall–Kier alpha value is -1.11. The van der Waals surface area contributed by atoms with E-state index in [0.29, 0.717) is 11.7 Å². The number of carbonyl (C=O) groups excluding carboxylic acids is 1. The van der Waals surface area contributed by atoms with Gasteiger partial charge < -0.3 is 10.2 Å². The lowest BCUT2D eigenvalue weighted by Crippen LogP contribution is -2.52.